The number of hydrogen-bond acceptors (Lipinski definition) is 2. The minimum absolute atomic E-state index is 0.114. The zero-order chi connectivity index (χ0) is 22.6. The fourth-order valence-corrected chi connectivity index (χ4v) is 3.07. The van der Waals surface area contributed by atoms with Crippen LogP contribution in [0.25, 0.3) is 11.1 Å². The molecule has 162 valence electrons. The first-order valence-electron chi connectivity index (χ1n) is 9.62. The van der Waals surface area contributed by atoms with E-state index in [0.717, 1.165) is 37.0 Å². The Labute approximate surface area is 176 Å². The number of carbonyl (C=O) groups is 1. The summed E-state index contributed by atoms with van der Waals surface area (Å²) >= 11 is 0. The van der Waals surface area contributed by atoms with Crippen LogP contribution in [0.5, 0.6) is 5.75 Å². The van der Waals surface area contributed by atoms with E-state index in [1.807, 2.05) is 12.1 Å². The van der Waals surface area contributed by atoms with Crippen LogP contribution in [-0.2, 0) is 24.1 Å². The maximum absolute atomic E-state index is 14.1. The number of aryl methyl sites for hydroxylation is 3. The molecule has 0 atom stereocenters. The number of halogens is 5. The quantitative estimate of drug-likeness (QED) is 0.253. The Balaban J connectivity index is 1.70. The van der Waals surface area contributed by atoms with Gasteiger partial charge in [0.1, 0.15) is 0 Å². The van der Waals surface area contributed by atoms with Gasteiger partial charge >= 0.3 is 12.1 Å². The molecule has 0 aliphatic carbocycles. The number of rotatable bonds is 6. The van der Waals surface area contributed by atoms with Gasteiger partial charge in [0.15, 0.2) is 11.6 Å². The van der Waals surface area contributed by atoms with Gasteiger partial charge in [0, 0.05) is 0 Å². The van der Waals surface area contributed by atoms with E-state index < -0.39 is 29.5 Å². The third-order valence-corrected chi connectivity index (χ3v) is 4.85. The highest BCUT2D eigenvalue weighted by Gasteiger charge is 2.42. The summed E-state index contributed by atoms with van der Waals surface area (Å²) in [7, 11) is 0. The Bertz CT molecular complexity index is 1030. The summed E-state index contributed by atoms with van der Waals surface area (Å²) in [6, 6.07) is 17.0. The van der Waals surface area contributed by atoms with Gasteiger partial charge in [-0.25, -0.2) is 13.6 Å². The molecule has 0 saturated heterocycles. The maximum atomic E-state index is 14.1. The molecule has 3 aromatic rings. The fourth-order valence-electron chi connectivity index (χ4n) is 3.07. The molecule has 0 radical (unpaired) electrons. The second-order valence-electron chi connectivity index (χ2n) is 7.02. The molecule has 3 aromatic carbocycles. The van der Waals surface area contributed by atoms with Crippen LogP contribution in [-0.4, -0.2) is 12.1 Å². The summed E-state index contributed by atoms with van der Waals surface area (Å²) < 4.78 is 68.8. The maximum Gasteiger partial charge on any atom is 0.491 e. The molecule has 0 fully saturated rings. The minimum atomic E-state index is -5.36. The Morgan fingerprint density at radius 3 is 1.68 bits per heavy atom. The normalized spacial score (nSPS) is 11.4. The number of ether oxygens (including phenoxy) is 1. The van der Waals surface area contributed by atoms with Crippen LogP contribution in [0.2, 0.25) is 0 Å². The highest BCUT2D eigenvalue weighted by molar-refractivity contribution is 5.78. The van der Waals surface area contributed by atoms with Crippen molar-refractivity contribution in [2.45, 2.75) is 32.4 Å². The summed E-state index contributed by atoms with van der Waals surface area (Å²) in [5.74, 6) is -6.86. The van der Waals surface area contributed by atoms with Crippen molar-refractivity contribution < 1.29 is 31.5 Å². The van der Waals surface area contributed by atoms with E-state index in [2.05, 4.69) is 35.9 Å². The lowest BCUT2D eigenvalue weighted by molar-refractivity contribution is -0.190. The monoisotopic (exact) mass is 434 g/mol. The van der Waals surface area contributed by atoms with Crippen LogP contribution in [0.4, 0.5) is 22.0 Å². The summed E-state index contributed by atoms with van der Waals surface area (Å²) in [5, 5.41) is 0. The highest BCUT2D eigenvalue weighted by atomic mass is 19.4. The molecule has 0 unspecified atom stereocenters. The van der Waals surface area contributed by atoms with E-state index >= 15 is 0 Å². The molecule has 0 saturated carbocycles. The molecule has 0 aliphatic heterocycles. The molecule has 0 N–H and O–H groups in total. The number of hydrogen-bond donors (Lipinski definition) is 0. The first kappa shape index (κ1) is 22.5. The molecule has 7 heteroatoms. The number of esters is 1. The van der Waals surface area contributed by atoms with E-state index in [-0.39, 0.29) is 5.56 Å². The molecule has 0 heterocycles. The number of benzene rings is 3. The second-order valence-corrected chi connectivity index (χ2v) is 7.02. The van der Waals surface area contributed by atoms with Crippen molar-refractivity contribution in [3.05, 3.63) is 89.0 Å². The van der Waals surface area contributed by atoms with E-state index in [4.69, 9.17) is 0 Å². The second kappa shape index (κ2) is 9.29. The molecule has 31 heavy (non-hydrogen) atoms. The largest absolute Gasteiger partial charge is 0.491 e. The fraction of sp³-hybridized carbons (Fsp3) is 0.208. The van der Waals surface area contributed by atoms with Crippen LogP contribution in [0.3, 0.4) is 0 Å². The first-order chi connectivity index (χ1) is 14.7. The summed E-state index contributed by atoms with van der Waals surface area (Å²) in [5.41, 5.74) is 4.09. The van der Waals surface area contributed by atoms with Crippen LogP contribution >= 0.6 is 0 Å². The van der Waals surface area contributed by atoms with Gasteiger partial charge in [-0.05, 0) is 59.2 Å². The molecule has 0 aliphatic rings. The molecule has 0 spiro atoms. The summed E-state index contributed by atoms with van der Waals surface area (Å²) in [4.78, 5) is 10.8. The number of carbonyl (C=O) groups excluding carboxylic acids is 1. The van der Waals surface area contributed by atoms with E-state index in [1.165, 1.54) is 11.1 Å². The third kappa shape index (κ3) is 5.69. The van der Waals surface area contributed by atoms with Gasteiger partial charge in [0.05, 0.1) is 0 Å². The Morgan fingerprint density at radius 1 is 0.774 bits per heavy atom. The van der Waals surface area contributed by atoms with Crippen molar-refractivity contribution in [2.24, 2.45) is 0 Å². The smallest absolute Gasteiger partial charge is 0.414 e. The predicted octanol–water partition coefficient (Wildman–Crippen LogP) is 6.45. The molecule has 0 aromatic heterocycles. The lowest BCUT2D eigenvalue weighted by Crippen LogP contribution is -2.28. The predicted molar refractivity (Wildman–Crippen MR) is 107 cm³/mol. The van der Waals surface area contributed by atoms with Crippen LogP contribution in [0, 0.1) is 11.6 Å². The van der Waals surface area contributed by atoms with Crippen molar-refractivity contribution in [2.75, 3.05) is 0 Å². The molecule has 0 amide bonds. The van der Waals surface area contributed by atoms with E-state index in [9.17, 15) is 26.7 Å². The van der Waals surface area contributed by atoms with Gasteiger partial charge in [0.25, 0.3) is 0 Å². The van der Waals surface area contributed by atoms with Crippen LogP contribution in [0.1, 0.15) is 23.6 Å². The standard InChI is InChI=1S/C24H19F5O2/c1-2-15-3-5-16(6-4-15)7-8-17-9-11-18(12-10-17)19-13-20(25)22(21(26)14-19)31-23(30)24(27,28)29/h3-6,9-14H,2,7-8H2,1H3. The molecule has 0 bridgehead atoms. The topological polar surface area (TPSA) is 26.3 Å². The highest BCUT2D eigenvalue weighted by Crippen LogP contribution is 2.31. The lowest BCUT2D eigenvalue weighted by atomic mass is 9.99. The van der Waals surface area contributed by atoms with Gasteiger partial charge in [-0.3, -0.25) is 0 Å². The summed E-state index contributed by atoms with van der Waals surface area (Å²) in [6.07, 6.45) is -2.76. The molecular weight excluding hydrogens is 415 g/mol. The van der Waals surface area contributed by atoms with Crippen molar-refractivity contribution in [1.82, 2.24) is 0 Å². The van der Waals surface area contributed by atoms with Crippen LogP contribution < -0.4 is 4.74 Å². The van der Waals surface area contributed by atoms with Gasteiger partial charge < -0.3 is 4.74 Å². The van der Waals surface area contributed by atoms with Crippen molar-refractivity contribution in [3.8, 4) is 16.9 Å². The van der Waals surface area contributed by atoms with Crippen molar-refractivity contribution in [3.63, 3.8) is 0 Å². The first-order valence-corrected chi connectivity index (χ1v) is 9.62. The lowest BCUT2D eigenvalue weighted by Gasteiger charge is -2.11. The van der Waals surface area contributed by atoms with Crippen molar-refractivity contribution in [1.29, 1.82) is 0 Å². The average molecular weight is 434 g/mol. The Morgan fingerprint density at radius 2 is 1.23 bits per heavy atom. The molecule has 2 nitrogen and oxygen atoms in total. The van der Waals surface area contributed by atoms with Crippen molar-refractivity contribution >= 4 is 5.97 Å². The van der Waals surface area contributed by atoms with Gasteiger partial charge in [0.2, 0.25) is 5.75 Å². The van der Waals surface area contributed by atoms with Gasteiger partial charge in [-0.1, -0.05) is 55.5 Å². The Kier molecular flexibility index (Phi) is 6.73. The van der Waals surface area contributed by atoms with Gasteiger partial charge in [-0.15, -0.1) is 0 Å². The van der Waals surface area contributed by atoms with Crippen LogP contribution in [0.15, 0.2) is 60.7 Å². The molecule has 3 rings (SSSR count). The Hall–Kier alpha value is -3.22. The third-order valence-electron chi connectivity index (χ3n) is 4.85. The summed E-state index contributed by atoms with van der Waals surface area (Å²) in [6.45, 7) is 2.09. The number of alkyl halides is 3. The SMILES string of the molecule is CCc1ccc(CCc2ccc(-c3cc(F)c(OC(=O)C(F)(F)F)c(F)c3)cc2)cc1. The minimum Gasteiger partial charge on any atom is -0.414 e. The zero-order valence-corrected chi connectivity index (χ0v) is 16.6. The zero-order valence-electron chi connectivity index (χ0n) is 16.6. The van der Waals surface area contributed by atoms with E-state index in [1.54, 1.807) is 12.1 Å². The molecular formula is C24H19F5O2. The van der Waals surface area contributed by atoms with Gasteiger partial charge in [-0.2, -0.15) is 13.2 Å². The average Bonchev–Trinajstić information content (AvgIpc) is 2.74. The van der Waals surface area contributed by atoms with E-state index in [0.29, 0.717) is 5.56 Å².